The van der Waals surface area contributed by atoms with Crippen molar-refractivity contribution in [3.8, 4) is 5.75 Å². The summed E-state index contributed by atoms with van der Waals surface area (Å²) >= 11 is 0. The number of rotatable bonds is 5. The molecule has 1 fully saturated rings. The Balaban J connectivity index is 1.89. The van der Waals surface area contributed by atoms with E-state index in [1.54, 1.807) is 7.11 Å². The number of nitrogens with two attached hydrogens (primary N) is 1. The van der Waals surface area contributed by atoms with Crippen molar-refractivity contribution in [2.45, 2.75) is 25.8 Å². The Bertz CT molecular complexity index is 476. The minimum atomic E-state index is 0.117. The van der Waals surface area contributed by atoms with Crippen molar-refractivity contribution in [2.75, 3.05) is 32.1 Å². The smallest absolute Gasteiger partial charge is 0.241 e. The van der Waals surface area contributed by atoms with Gasteiger partial charge in [-0.1, -0.05) is 12.1 Å². The van der Waals surface area contributed by atoms with E-state index >= 15 is 0 Å². The number of anilines is 1. The van der Waals surface area contributed by atoms with Gasteiger partial charge in [-0.05, 0) is 37.8 Å². The van der Waals surface area contributed by atoms with E-state index in [1.807, 2.05) is 36.1 Å². The van der Waals surface area contributed by atoms with Gasteiger partial charge in [-0.3, -0.25) is 4.79 Å². The Hall–Kier alpha value is -1.75. The van der Waals surface area contributed by atoms with Crippen molar-refractivity contribution in [3.63, 3.8) is 0 Å². The number of benzene rings is 1. The van der Waals surface area contributed by atoms with Crippen LogP contribution in [0.1, 0.15) is 19.8 Å². The first kappa shape index (κ1) is 15.6. The van der Waals surface area contributed by atoms with Gasteiger partial charge in [0.1, 0.15) is 5.75 Å². The predicted molar refractivity (Wildman–Crippen MR) is 84.4 cm³/mol. The third-order valence-electron chi connectivity index (χ3n) is 4.09. The summed E-state index contributed by atoms with van der Waals surface area (Å²) in [6, 6.07) is 7.75. The molecule has 0 aromatic heterocycles. The maximum Gasteiger partial charge on any atom is 0.241 e. The van der Waals surface area contributed by atoms with Crippen LogP contribution in [0.15, 0.2) is 24.3 Å². The van der Waals surface area contributed by atoms with Gasteiger partial charge in [0.05, 0.1) is 19.3 Å². The molecule has 0 spiro atoms. The van der Waals surface area contributed by atoms with Crippen molar-refractivity contribution in [1.29, 1.82) is 0 Å². The molecule has 1 saturated heterocycles. The number of amides is 1. The summed E-state index contributed by atoms with van der Waals surface area (Å²) in [7, 11) is 1.63. The Labute approximate surface area is 126 Å². The van der Waals surface area contributed by atoms with E-state index in [0.29, 0.717) is 5.92 Å². The van der Waals surface area contributed by atoms with Crippen LogP contribution in [0.4, 0.5) is 5.69 Å². The van der Waals surface area contributed by atoms with E-state index < -0.39 is 0 Å². The van der Waals surface area contributed by atoms with Gasteiger partial charge in [0.2, 0.25) is 5.91 Å². The van der Waals surface area contributed by atoms with Crippen LogP contribution in [0.25, 0.3) is 0 Å². The van der Waals surface area contributed by atoms with E-state index in [2.05, 4.69) is 5.32 Å². The summed E-state index contributed by atoms with van der Waals surface area (Å²) in [5, 5.41) is 3.16. The van der Waals surface area contributed by atoms with E-state index in [1.165, 1.54) is 0 Å². The highest BCUT2D eigenvalue weighted by Gasteiger charge is 2.25. The number of carbonyl (C=O) groups is 1. The van der Waals surface area contributed by atoms with E-state index in [4.69, 9.17) is 10.5 Å². The summed E-state index contributed by atoms with van der Waals surface area (Å²) < 4.78 is 5.27. The molecular formula is C16H25N3O2. The third-order valence-corrected chi connectivity index (χ3v) is 4.09. The second kappa shape index (κ2) is 7.31. The fourth-order valence-electron chi connectivity index (χ4n) is 2.74. The Morgan fingerprint density at radius 2 is 2.29 bits per heavy atom. The lowest BCUT2D eigenvalue weighted by Gasteiger charge is -2.34. The molecule has 21 heavy (non-hydrogen) atoms. The zero-order valence-corrected chi connectivity index (χ0v) is 12.8. The zero-order valence-electron chi connectivity index (χ0n) is 12.8. The highest BCUT2D eigenvalue weighted by atomic mass is 16.5. The van der Waals surface area contributed by atoms with Crippen molar-refractivity contribution < 1.29 is 9.53 Å². The summed E-state index contributed by atoms with van der Waals surface area (Å²) in [6.07, 6.45) is 2.15. The molecule has 0 radical (unpaired) electrons. The molecule has 5 heteroatoms. The molecule has 2 atom stereocenters. The predicted octanol–water partition coefficient (Wildman–Crippen LogP) is 1.69. The molecule has 0 saturated carbocycles. The first-order chi connectivity index (χ1) is 10.1. The van der Waals surface area contributed by atoms with E-state index in [9.17, 15) is 4.79 Å². The molecule has 0 aliphatic carbocycles. The molecule has 1 aromatic carbocycles. The van der Waals surface area contributed by atoms with Crippen LogP contribution in [0, 0.1) is 5.92 Å². The molecular weight excluding hydrogens is 266 g/mol. The van der Waals surface area contributed by atoms with Gasteiger partial charge in [0.25, 0.3) is 0 Å². The minimum absolute atomic E-state index is 0.117. The van der Waals surface area contributed by atoms with Crippen LogP contribution < -0.4 is 15.8 Å². The number of nitrogens with zero attached hydrogens (tertiary/aromatic N) is 1. The maximum atomic E-state index is 12.3. The average molecular weight is 291 g/mol. The first-order valence-corrected chi connectivity index (χ1v) is 7.52. The molecule has 1 heterocycles. The molecule has 5 nitrogen and oxygen atoms in total. The highest BCUT2D eigenvalue weighted by Crippen LogP contribution is 2.23. The van der Waals surface area contributed by atoms with Crippen LogP contribution in [0.2, 0.25) is 0 Å². The summed E-state index contributed by atoms with van der Waals surface area (Å²) in [5.41, 5.74) is 6.80. The van der Waals surface area contributed by atoms with Crippen LogP contribution in [-0.4, -0.2) is 43.6 Å². The van der Waals surface area contributed by atoms with Gasteiger partial charge in [0.15, 0.2) is 0 Å². The molecule has 2 rings (SSSR count). The zero-order chi connectivity index (χ0) is 15.2. The number of nitrogens with one attached hydrogen (secondary N) is 1. The lowest BCUT2D eigenvalue weighted by atomic mass is 9.92. The summed E-state index contributed by atoms with van der Waals surface area (Å²) in [6.45, 7) is 3.90. The maximum absolute atomic E-state index is 12.3. The monoisotopic (exact) mass is 291 g/mol. The van der Waals surface area contributed by atoms with Gasteiger partial charge in [-0.15, -0.1) is 0 Å². The second-order valence-corrected chi connectivity index (χ2v) is 5.66. The van der Waals surface area contributed by atoms with Crippen LogP contribution in [0.5, 0.6) is 5.75 Å². The second-order valence-electron chi connectivity index (χ2n) is 5.66. The Morgan fingerprint density at radius 3 is 3.00 bits per heavy atom. The Kier molecular flexibility index (Phi) is 5.44. The molecule has 1 aliphatic rings. The van der Waals surface area contributed by atoms with Crippen molar-refractivity contribution in [3.05, 3.63) is 24.3 Å². The number of carbonyl (C=O) groups excluding carboxylic acids is 1. The van der Waals surface area contributed by atoms with E-state index in [0.717, 1.165) is 37.4 Å². The van der Waals surface area contributed by atoms with Crippen LogP contribution in [0.3, 0.4) is 0 Å². The molecule has 0 bridgehead atoms. The fourth-order valence-corrected chi connectivity index (χ4v) is 2.74. The first-order valence-electron chi connectivity index (χ1n) is 7.52. The third kappa shape index (κ3) is 4.11. The largest absolute Gasteiger partial charge is 0.495 e. The van der Waals surface area contributed by atoms with Gasteiger partial charge < -0.3 is 20.7 Å². The lowest BCUT2D eigenvalue weighted by molar-refractivity contribution is -0.131. The van der Waals surface area contributed by atoms with Crippen molar-refractivity contribution in [2.24, 2.45) is 11.7 Å². The van der Waals surface area contributed by atoms with Crippen molar-refractivity contribution >= 4 is 11.6 Å². The molecule has 116 valence electrons. The molecule has 3 N–H and O–H groups in total. The van der Waals surface area contributed by atoms with Crippen molar-refractivity contribution in [1.82, 2.24) is 4.90 Å². The number of ether oxygens (including phenoxy) is 1. The van der Waals surface area contributed by atoms with E-state index in [-0.39, 0.29) is 18.5 Å². The lowest BCUT2D eigenvalue weighted by Crippen LogP contribution is -2.46. The molecule has 1 aromatic rings. The van der Waals surface area contributed by atoms with Gasteiger partial charge in [0, 0.05) is 19.1 Å². The highest BCUT2D eigenvalue weighted by molar-refractivity contribution is 5.81. The standard InChI is InChI=1S/C16H25N3O2/c1-12(17)13-6-5-9-19(11-13)16(20)10-18-14-7-3-4-8-15(14)21-2/h3-4,7-8,12-13,18H,5-6,9-11,17H2,1-2H3. The van der Waals surface area contributed by atoms with Crippen LogP contribution >= 0.6 is 0 Å². The molecule has 1 aliphatic heterocycles. The average Bonchev–Trinajstić information content (AvgIpc) is 2.52. The Morgan fingerprint density at radius 1 is 1.52 bits per heavy atom. The normalized spacial score (nSPS) is 20.0. The number of hydrogen-bond donors (Lipinski definition) is 2. The summed E-state index contributed by atoms with van der Waals surface area (Å²) in [5.74, 6) is 1.28. The van der Waals surface area contributed by atoms with Gasteiger partial charge in [-0.2, -0.15) is 0 Å². The quantitative estimate of drug-likeness (QED) is 0.866. The molecule has 2 unspecified atom stereocenters. The number of hydrogen-bond acceptors (Lipinski definition) is 4. The number of piperidine rings is 1. The molecule has 1 amide bonds. The van der Waals surface area contributed by atoms with Gasteiger partial charge in [-0.25, -0.2) is 0 Å². The summed E-state index contributed by atoms with van der Waals surface area (Å²) in [4.78, 5) is 14.2. The number of para-hydroxylation sites is 2. The topological polar surface area (TPSA) is 67.6 Å². The minimum Gasteiger partial charge on any atom is -0.495 e. The fraction of sp³-hybridized carbons (Fsp3) is 0.562. The SMILES string of the molecule is COc1ccccc1NCC(=O)N1CCCC(C(C)N)C1. The number of methoxy groups -OCH3 is 1. The number of likely N-dealkylation sites (tertiary alicyclic amines) is 1. The van der Waals surface area contributed by atoms with Crippen LogP contribution in [-0.2, 0) is 4.79 Å². The van der Waals surface area contributed by atoms with Gasteiger partial charge >= 0.3 is 0 Å².